The fraction of sp³-hybridized carbons (Fsp3) is 0.235. The summed E-state index contributed by atoms with van der Waals surface area (Å²) in [5.41, 5.74) is 2.77. The lowest BCUT2D eigenvalue weighted by molar-refractivity contribution is -0.136. The molecule has 0 saturated carbocycles. The van der Waals surface area contributed by atoms with Gasteiger partial charge in [-0.3, -0.25) is 4.79 Å². The van der Waals surface area contributed by atoms with Crippen LogP contribution in [0.5, 0.6) is 11.5 Å². The molecule has 2 aromatic rings. The van der Waals surface area contributed by atoms with Crippen LogP contribution in [0, 0.1) is 6.92 Å². The molecular weight excluding hydrogens is 288 g/mol. The van der Waals surface area contributed by atoms with Gasteiger partial charge < -0.3 is 9.84 Å². The molecule has 0 aromatic heterocycles. The van der Waals surface area contributed by atoms with Gasteiger partial charge in [-0.2, -0.15) is 0 Å². The maximum absolute atomic E-state index is 11.0. The first kappa shape index (κ1) is 15.4. The zero-order chi connectivity index (χ0) is 15.4. The molecule has 0 unspecified atom stereocenters. The Morgan fingerprint density at radius 2 is 1.90 bits per heavy atom. The van der Waals surface area contributed by atoms with Crippen molar-refractivity contribution < 1.29 is 14.6 Å². The minimum Gasteiger partial charge on any atom is -0.481 e. The third kappa shape index (κ3) is 3.99. The Morgan fingerprint density at radius 1 is 1.19 bits per heavy atom. The fourth-order valence-corrected chi connectivity index (χ4v) is 2.33. The first-order valence-electron chi connectivity index (χ1n) is 6.77. The zero-order valence-electron chi connectivity index (χ0n) is 12.0. The molecule has 0 aliphatic heterocycles. The molecule has 2 aromatic carbocycles. The summed E-state index contributed by atoms with van der Waals surface area (Å²) >= 11 is 6.15. The zero-order valence-corrected chi connectivity index (χ0v) is 12.8. The van der Waals surface area contributed by atoms with Crippen LogP contribution in [0.15, 0.2) is 36.4 Å². The van der Waals surface area contributed by atoms with E-state index in [4.69, 9.17) is 21.4 Å². The SMILES string of the molecule is CCc1ccc(Oc2ccc(C)cc2Cl)c(CC(=O)O)c1. The number of hydrogen-bond acceptors (Lipinski definition) is 2. The molecule has 1 N–H and O–H groups in total. The van der Waals surface area contributed by atoms with Crippen molar-refractivity contribution in [3.8, 4) is 11.5 Å². The summed E-state index contributed by atoms with van der Waals surface area (Å²) in [4.78, 5) is 11.0. The van der Waals surface area contributed by atoms with Crippen molar-refractivity contribution in [2.75, 3.05) is 0 Å². The molecule has 0 amide bonds. The molecule has 0 heterocycles. The summed E-state index contributed by atoms with van der Waals surface area (Å²) in [6.07, 6.45) is 0.769. The average molecular weight is 305 g/mol. The number of ether oxygens (including phenoxy) is 1. The lowest BCUT2D eigenvalue weighted by Gasteiger charge is -2.13. The van der Waals surface area contributed by atoms with E-state index in [0.717, 1.165) is 17.5 Å². The Hall–Kier alpha value is -2.00. The molecule has 2 rings (SSSR count). The van der Waals surface area contributed by atoms with E-state index in [1.54, 1.807) is 12.1 Å². The van der Waals surface area contributed by atoms with Gasteiger partial charge in [-0.25, -0.2) is 0 Å². The summed E-state index contributed by atoms with van der Waals surface area (Å²) in [5.74, 6) is 0.168. The van der Waals surface area contributed by atoms with Gasteiger partial charge in [-0.1, -0.05) is 36.7 Å². The molecule has 110 valence electrons. The number of carboxylic acids is 1. The van der Waals surface area contributed by atoms with Crippen molar-refractivity contribution in [1.29, 1.82) is 0 Å². The normalized spacial score (nSPS) is 10.4. The Bertz CT molecular complexity index is 665. The highest BCUT2D eigenvalue weighted by Gasteiger charge is 2.11. The maximum Gasteiger partial charge on any atom is 0.307 e. The summed E-state index contributed by atoms with van der Waals surface area (Å²) in [6, 6.07) is 11.1. The lowest BCUT2D eigenvalue weighted by atomic mass is 10.1. The van der Waals surface area contributed by atoms with E-state index in [0.29, 0.717) is 22.1 Å². The summed E-state index contributed by atoms with van der Waals surface area (Å²) in [5, 5.41) is 9.54. The van der Waals surface area contributed by atoms with Crippen LogP contribution in [0.25, 0.3) is 0 Å². The number of carboxylic acid groups (broad SMARTS) is 1. The summed E-state index contributed by atoms with van der Waals surface area (Å²) in [6.45, 7) is 3.97. The van der Waals surface area contributed by atoms with E-state index in [9.17, 15) is 4.79 Å². The van der Waals surface area contributed by atoms with Gasteiger partial charge in [-0.15, -0.1) is 0 Å². The topological polar surface area (TPSA) is 46.5 Å². The summed E-state index contributed by atoms with van der Waals surface area (Å²) in [7, 11) is 0. The highest BCUT2D eigenvalue weighted by molar-refractivity contribution is 6.32. The first-order chi connectivity index (χ1) is 9.99. The van der Waals surface area contributed by atoms with Crippen LogP contribution in [0.2, 0.25) is 5.02 Å². The molecule has 0 bridgehead atoms. The van der Waals surface area contributed by atoms with Gasteiger partial charge in [0, 0.05) is 5.56 Å². The second-order valence-corrected chi connectivity index (χ2v) is 5.31. The number of aliphatic carboxylic acids is 1. The second kappa shape index (κ2) is 6.64. The first-order valence-corrected chi connectivity index (χ1v) is 7.15. The fourth-order valence-electron chi connectivity index (χ4n) is 2.06. The van der Waals surface area contributed by atoms with Crippen molar-refractivity contribution in [3.63, 3.8) is 0 Å². The van der Waals surface area contributed by atoms with E-state index in [-0.39, 0.29) is 6.42 Å². The van der Waals surface area contributed by atoms with Crippen LogP contribution in [0.1, 0.15) is 23.6 Å². The van der Waals surface area contributed by atoms with Gasteiger partial charge in [-0.05, 0) is 42.7 Å². The average Bonchev–Trinajstić information content (AvgIpc) is 2.43. The highest BCUT2D eigenvalue weighted by Crippen LogP contribution is 2.32. The van der Waals surface area contributed by atoms with Crippen molar-refractivity contribution in [2.45, 2.75) is 26.7 Å². The number of benzene rings is 2. The molecule has 0 radical (unpaired) electrons. The van der Waals surface area contributed by atoms with Crippen molar-refractivity contribution >= 4 is 17.6 Å². The van der Waals surface area contributed by atoms with E-state index < -0.39 is 5.97 Å². The largest absolute Gasteiger partial charge is 0.481 e. The molecule has 0 spiro atoms. The molecule has 21 heavy (non-hydrogen) atoms. The van der Waals surface area contributed by atoms with Gasteiger partial charge >= 0.3 is 5.97 Å². The standard InChI is InChI=1S/C17H17ClO3/c1-3-12-5-7-15(13(9-12)10-17(19)20)21-16-6-4-11(2)8-14(16)18/h4-9H,3,10H2,1-2H3,(H,19,20). The molecule has 0 fully saturated rings. The molecule has 3 nitrogen and oxygen atoms in total. The number of rotatable bonds is 5. The van der Waals surface area contributed by atoms with Crippen molar-refractivity contribution in [1.82, 2.24) is 0 Å². The molecule has 0 aliphatic rings. The Balaban J connectivity index is 2.35. The van der Waals surface area contributed by atoms with Gasteiger partial charge in [0.15, 0.2) is 0 Å². The van der Waals surface area contributed by atoms with E-state index >= 15 is 0 Å². The van der Waals surface area contributed by atoms with Crippen LogP contribution in [0.4, 0.5) is 0 Å². The monoisotopic (exact) mass is 304 g/mol. The molecule has 0 saturated heterocycles. The van der Waals surface area contributed by atoms with Crippen molar-refractivity contribution in [3.05, 3.63) is 58.1 Å². The van der Waals surface area contributed by atoms with E-state index in [1.165, 1.54) is 0 Å². The smallest absolute Gasteiger partial charge is 0.307 e. The van der Waals surface area contributed by atoms with Crippen LogP contribution in [-0.4, -0.2) is 11.1 Å². The van der Waals surface area contributed by atoms with Crippen LogP contribution in [0.3, 0.4) is 0 Å². The minimum atomic E-state index is -0.886. The molecular formula is C17H17ClO3. The molecule has 0 aliphatic carbocycles. The second-order valence-electron chi connectivity index (χ2n) is 4.90. The highest BCUT2D eigenvalue weighted by atomic mass is 35.5. The van der Waals surface area contributed by atoms with E-state index in [2.05, 4.69) is 0 Å². The van der Waals surface area contributed by atoms with Crippen molar-refractivity contribution in [2.24, 2.45) is 0 Å². The van der Waals surface area contributed by atoms with Gasteiger partial charge in [0.25, 0.3) is 0 Å². The predicted molar refractivity (Wildman–Crippen MR) is 83.4 cm³/mol. The Morgan fingerprint density at radius 3 is 2.52 bits per heavy atom. The van der Waals surface area contributed by atoms with Crippen LogP contribution < -0.4 is 4.74 Å². The van der Waals surface area contributed by atoms with Crippen LogP contribution in [-0.2, 0) is 17.6 Å². The quantitative estimate of drug-likeness (QED) is 0.876. The Labute approximate surface area is 129 Å². The maximum atomic E-state index is 11.0. The molecule has 4 heteroatoms. The van der Waals surface area contributed by atoms with Gasteiger partial charge in [0.1, 0.15) is 11.5 Å². The molecule has 0 atom stereocenters. The van der Waals surface area contributed by atoms with E-state index in [1.807, 2.05) is 38.1 Å². The number of hydrogen-bond donors (Lipinski definition) is 1. The third-order valence-electron chi connectivity index (χ3n) is 3.18. The number of aryl methyl sites for hydroxylation is 2. The van der Waals surface area contributed by atoms with Gasteiger partial charge in [0.05, 0.1) is 11.4 Å². The van der Waals surface area contributed by atoms with Crippen LogP contribution >= 0.6 is 11.6 Å². The Kier molecular flexibility index (Phi) is 4.86. The number of halogens is 1. The predicted octanol–water partition coefficient (Wildman–Crippen LogP) is 4.63. The summed E-state index contributed by atoms with van der Waals surface area (Å²) < 4.78 is 5.80. The van der Waals surface area contributed by atoms with Gasteiger partial charge in [0.2, 0.25) is 0 Å². The number of carbonyl (C=O) groups is 1. The minimum absolute atomic E-state index is 0.0767. The third-order valence-corrected chi connectivity index (χ3v) is 3.48. The lowest BCUT2D eigenvalue weighted by Crippen LogP contribution is -2.03.